The van der Waals surface area contributed by atoms with Gasteiger partial charge in [0.2, 0.25) is 0 Å². The van der Waals surface area contributed by atoms with Gasteiger partial charge in [0.05, 0.1) is 12.2 Å². The second kappa shape index (κ2) is 13.9. The van der Waals surface area contributed by atoms with Gasteiger partial charge in [-0.05, 0) is 26.7 Å². The molecule has 0 radical (unpaired) electrons. The van der Waals surface area contributed by atoms with Gasteiger partial charge in [0.15, 0.2) is 0 Å². The van der Waals surface area contributed by atoms with Crippen LogP contribution in [0.2, 0.25) is 0 Å². The fourth-order valence-electron chi connectivity index (χ4n) is 0.595. The molecule has 0 aromatic heterocycles. The summed E-state index contributed by atoms with van der Waals surface area (Å²) >= 11 is 0. The third-order valence-corrected chi connectivity index (χ3v) is 1.98. The lowest BCUT2D eigenvalue weighted by atomic mass is 10.3. The van der Waals surface area contributed by atoms with Crippen molar-refractivity contribution in [1.29, 1.82) is 0 Å². The molecule has 0 rings (SSSR count). The van der Waals surface area contributed by atoms with Crippen LogP contribution < -0.4 is 0 Å². The molecule has 0 amide bonds. The van der Waals surface area contributed by atoms with Gasteiger partial charge >= 0.3 is 0 Å². The minimum Gasteiger partial charge on any atom is -0.391 e. The zero-order valence-electron chi connectivity index (χ0n) is 10.7. The van der Waals surface area contributed by atoms with Crippen LogP contribution in [0.3, 0.4) is 0 Å². The fourth-order valence-corrected chi connectivity index (χ4v) is 0.595. The van der Waals surface area contributed by atoms with E-state index in [4.69, 9.17) is 14.9 Å². The smallest absolute Gasteiger partial charge is 0.0768 e. The van der Waals surface area contributed by atoms with E-state index in [1.807, 2.05) is 0 Å². The van der Waals surface area contributed by atoms with Gasteiger partial charge in [-0.2, -0.15) is 0 Å². The van der Waals surface area contributed by atoms with Gasteiger partial charge in [-0.3, -0.25) is 0 Å². The molecule has 94 valence electrons. The van der Waals surface area contributed by atoms with Crippen LogP contribution >= 0.6 is 0 Å². The minimum atomic E-state index is -0.593. The Morgan fingerprint density at radius 1 is 0.867 bits per heavy atom. The van der Waals surface area contributed by atoms with E-state index in [0.29, 0.717) is 0 Å². The predicted molar refractivity (Wildman–Crippen MR) is 64.0 cm³/mol. The Bertz CT molecular complexity index is 91.0. The van der Waals surface area contributed by atoms with Crippen LogP contribution in [0.25, 0.3) is 0 Å². The molecule has 0 bridgehead atoms. The Kier molecular flexibility index (Phi) is 16.0. The summed E-state index contributed by atoms with van der Waals surface area (Å²) in [6.07, 6.45) is 3.72. The molecule has 0 aliphatic heterocycles. The summed E-state index contributed by atoms with van der Waals surface area (Å²) in [4.78, 5) is 0. The molecule has 0 aromatic carbocycles. The third kappa shape index (κ3) is 20.1. The van der Waals surface area contributed by atoms with Gasteiger partial charge in [0.25, 0.3) is 0 Å². The molecule has 0 spiro atoms. The van der Waals surface area contributed by atoms with E-state index in [9.17, 15) is 0 Å². The van der Waals surface area contributed by atoms with Crippen molar-refractivity contribution in [2.75, 3.05) is 13.2 Å². The van der Waals surface area contributed by atoms with Crippen molar-refractivity contribution in [2.24, 2.45) is 0 Å². The van der Waals surface area contributed by atoms with Crippen LogP contribution in [0, 0.1) is 0 Å². The lowest BCUT2D eigenvalue weighted by Crippen LogP contribution is -2.17. The van der Waals surface area contributed by atoms with Gasteiger partial charge < -0.3 is 14.9 Å². The molecule has 0 saturated carbocycles. The van der Waals surface area contributed by atoms with Crippen LogP contribution in [0.15, 0.2) is 0 Å². The quantitative estimate of drug-likeness (QED) is 0.648. The molecule has 3 nitrogen and oxygen atoms in total. The number of ether oxygens (including phenoxy) is 1. The maximum Gasteiger partial charge on any atom is 0.0768 e. The molecule has 3 heteroatoms. The normalized spacial score (nSPS) is 14.0. The summed E-state index contributed by atoms with van der Waals surface area (Å²) < 4.78 is 5.31. The molecule has 0 saturated heterocycles. The van der Waals surface area contributed by atoms with Gasteiger partial charge in [0, 0.05) is 13.2 Å². The number of hydrogen-bond donors (Lipinski definition) is 2. The highest BCUT2D eigenvalue weighted by Crippen LogP contribution is 1.91. The molecular weight excluding hydrogens is 192 g/mol. The van der Waals surface area contributed by atoms with Crippen molar-refractivity contribution >= 4 is 0 Å². The molecule has 0 aliphatic carbocycles. The largest absolute Gasteiger partial charge is 0.391 e. The van der Waals surface area contributed by atoms with Crippen LogP contribution in [-0.4, -0.2) is 35.6 Å². The van der Waals surface area contributed by atoms with Gasteiger partial charge in [-0.1, -0.05) is 26.7 Å². The number of aliphatic hydroxyl groups excluding tert-OH is 2. The first-order valence-electron chi connectivity index (χ1n) is 6.00. The molecule has 0 aromatic rings. The predicted octanol–water partition coefficient (Wildman–Crippen LogP) is 2.35. The van der Waals surface area contributed by atoms with E-state index < -0.39 is 12.2 Å². The van der Waals surface area contributed by atoms with E-state index in [-0.39, 0.29) is 0 Å². The second-order valence-electron chi connectivity index (χ2n) is 3.80. The standard InChI is InChI=1S/C8H18O.C4H10O2/c1-3-5-7-9-8-6-4-2;1-3(5)4(2)6/h3-8H2,1-2H3;3-6H,1-2H3. The summed E-state index contributed by atoms with van der Waals surface area (Å²) in [5.74, 6) is 0. The Labute approximate surface area is 94.5 Å². The van der Waals surface area contributed by atoms with Crippen molar-refractivity contribution in [3.05, 3.63) is 0 Å². The molecule has 0 fully saturated rings. The minimum absolute atomic E-state index is 0.593. The number of aliphatic hydroxyl groups is 2. The molecule has 15 heavy (non-hydrogen) atoms. The topological polar surface area (TPSA) is 49.7 Å². The first-order chi connectivity index (χ1) is 7.06. The monoisotopic (exact) mass is 220 g/mol. The number of rotatable bonds is 7. The first-order valence-corrected chi connectivity index (χ1v) is 6.00. The summed E-state index contributed by atoms with van der Waals surface area (Å²) in [6.45, 7) is 9.37. The van der Waals surface area contributed by atoms with E-state index in [1.165, 1.54) is 25.7 Å². The van der Waals surface area contributed by atoms with E-state index in [1.54, 1.807) is 13.8 Å². The maximum absolute atomic E-state index is 8.38. The van der Waals surface area contributed by atoms with Crippen molar-refractivity contribution < 1.29 is 14.9 Å². The maximum atomic E-state index is 8.38. The van der Waals surface area contributed by atoms with Gasteiger partial charge in [-0.25, -0.2) is 0 Å². The van der Waals surface area contributed by atoms with E-state index in [0.717, 1.165) is 13.2 Å². The van der Waals surface area contributed by atoms with Crippen LogP contribution in [0.1, 0.15) is 53.4 Å². The second-order valence-corrected chi connectivity index (χ2v) is 3.80. The van der Waals surface area contributed by atoms with Crippen LogP contribution in [0.4, 0.5) is 0 Å². The molecule has 0 heterocycles. The lowest BCUT2D eigenvalue weighted by molar-refractivity contribution is 0.0438. The first kappa shape index (κ1) is 17.3. The summed E-state index contributed by atoms with van der Waals surface area (Å²) in [7, 11) is 0. The Hall–Kier alpha value is -0.120. The van der Waals surface area contributed by atoms with Crippen molar-refractivity contribution in [3.63, 3.8) is 0 Å². The van der Waals surface area contributed by atoms with Crippen molar-refractivity contribution in [1.82, 2.24) is 0 Å². The van der Waals surface area contributed by atoms with Gasteiger partial charge in [-0.15, -0.1) is 0 Å². The molecular formula is C12H28O3. The average molecular weight is 220 g/mol. The number of unbranched alkanes of at least 4 members (excludes halogenated alkanes) is 2. The average Bonchev–Trinajstić information content (AvgIpc) is 2.18. The Morgan fingerprint density at radius 3 is 1.40 bits per heavy atom. The Balaban J connectivity index is 0. The molecule has 2 unspecified atom stereocenters. The summed E-state index contributed by atoms with van der Waals surface area (Å²) in [5.41, 5.74) is 0. The highest BCUT2D eigenvalue weighted by molar-refractivity contribution is 4.50. The van der Waals surface area contributed by atoms with Crippen molar-refractivity contribution in [3.8, 4) is 0 Å². The summed E-state index contributed by atoms with van der Waals surface area (Å²) in [6, 6.07) is 0. The SMILES string of the molecule is CC(O)C(C)O.CCCCOCCCC. The summed E-state index contributed by atoms with van der Waals surface area (Å²) in [5, 5.41) is 16.8. The number of hydrogen-bond acceptors (Lipinski definition) is 3. The lowest BCUT2D eigenvalue weighted by Gasteiger charge is -2.03. The zero-order valence-corrected chi connectivity index (χ0v) is 10.7. The van der Waals surface area contributed by atoms with E-state index >= 15 is 0 Å². The zero-order chi connectivity index (χ0) is 12.1. The highest BCUT2D eigenvalue weighted by atomic mass is 16.5. The fraction of sp³-hybridized carbons (Fsp3) is 1.00. The van der Waals surface area contributed by atoms with Crippen LogP contribution in [-0.2, 0) is 4.74 Å². The third-order valence-electron chi connectivity index (χ3n) is 1.98. The molecule has 0 aliphatic rings. The van der Waals surface area contributed by atoms with E-state index in [2.05, 4.69) is 13.8 Å². The molecule has 2 N–H and O–H groups in total. The highest BCUT2D eigenvalue weighted by Gasteiger charge is 1.99. The molecule has 2 atom stereocenters. The Morgan fingerprint density at radius 2 is 1.20 bits per heavy atom. The van der Waals surface area contributed by atoms with Crippen molar-refractivity contribution in [2.45, 2.75) is 65.6 Å². The van der Waals surface area contributed by atoms with Crippen LogP contribution in [0.5, 0.6) is 0 Å². The van der Waals surface area contributed by atoms with Gasteiger partial charge in [0.1, 0.15) is 0 Å².